The molecule has 0 aromatic heterocycles. The Morgan fingerprint density at radius 1 is 1.11 bits per heavy atom. The first-order valence-electron chi connectivity index (χ1n) is 14.5. The number of allylic oxidation sites excluding steroid dienone is 1. The molecular weight excluding hydrogens is 468 g/mol. The van der Waals surface area contributed by atoms with E-state index >= 15 is 0 Å². The fourth-order valence-corrected chi connectivity index (χ4v) is 9.17. The number of hydrogen-bond donors (Lipinski definition) is 4. The molecule has 4 aliphatic carbocycles. The molecule has 1 heterocycles. The van der Waals surface area contributed by atoms with E-state index in [9.17, 15) is 14.7 Å². The summed E-state index contributed by atoms with van der Waals surface area (Å²) in [5, 5.41) is 23.3. The third kappa shape index (κ3) is 4.84. The molecule has 37 heavy (non-hydrogen) atoms. The first-order valence-corrected chi connectivity index (χ1v) is 14.5. The zero-order valence-electron chi connectivity index (χ0n) is 23.0. The molecule has 2 amide bonds. The van der Waals surface area contributed by atoms with E-state index < -0.39 is 6.09 Å². The highest BCUT2D eigenvalue weighted by Crippen LogP contribution is 2.66. The van der Waals surface area contributed by atoms with Crippen molar-refractivity contribution >= 4 is 17.7 Å². The van der Waals surface area contributed by atoms with E-state index in [0.717, 1.165) is 50.2 Å². The van der Waals surface area contributed by atoms with E-state index in [1.54, 1.807) is 7.05 Å². The lowest BCUT2D eigenvalue weighted by atomic mass is 9.46. The molecular formula is C29H46N4O4. The number of likely N-dealkylation sites (N-methyl/N-ethyl adjacent to an activating group) is 1. The fourth-order valence-electron chi connectivity index (χ4n) is 9.17. The van der Waals surface area contributed by atoms with Crippen LogP contribution < -0.4 is 16.0 Å². The van der Waals surface area contributed by atoms with Crippen LogP contribution in [0.3, 0.4) is 0 Å². The van der Waals surface area contributed by atoms with Crippen molar-refractivity contribution in [3.05, 3.63) is 11.6 Å². The summed E-state index contributed by atoms with van der Waals surface area (Å²) < 4.78 is 0. The van der Waals surface area contributed by atoms with Crippen molar-refractivity contribution in [2.75, 3.05) is 13.6 Å². The van der Waals surface area contributed by atoms with Gasteiger partial charge in [0.05, 0.1) is 17.9 Å². The van der Waals surface area contributed by atoms with Gasteiger partial charge in [0, 0.05) is 25.6 Å². The van der Waals surface area contributed by atoms with Crippen LogP contribution in [0.5, 0.6) is 0 Å². The lowest BCUT2D eigenvalue weighted by Crippen LogP contribution is -2.51. The number of fused-ring (bicyclic) bond motifs is 5. The molecule has 8 heteroatoms. The highest BCUT2D eigenvalue weighted by atomic mass is 16.7. The van der Waals surface area contributed by atoms with E-state index in [4.69, 9.17) is 4.84 Å². The minimum absolute atomic E-state index is 0.0144. The predicted octanol–water partition coefficient (Wildman–Crippen LogP) is 3.90. The van der Waals surface area contributed by atoms with Crippen LogP contribution >= 0.6 is 0 Å². The molecule has 8 nitrogen and oxygen atoms in total. The van der Waals surface area contributed by atoms with Crippen LogP contribution in [0.4, 0.5) is 4.79 Å². The van der Waals surface area contributed by atoms with Gasteiger partial charge >= 0.3 is 6.09 Å². The normalized spacial score (nSPS) is 43.2. The molecule has 5 rings (SSSR count). The zero-order valence-corrected chi connectivity index (χ0v) is 23.0. The van der Waals surface area contributed by atoms with Gasteiger partial charge in [-0.15, -0.1) is 0 Å². The van der Waals surface area contributed by atoms with Gasteiger partial charge < -0.3 is 21.1 Å². The molecule has 0 aromatic carbocycles. The van der Waals surface area contributed by atoms with Crippen LogP contribution in [-0.4, -0.2) is 54.6 Å². The minimum atomic E-state index is -0.535. The number of rotatable bonds is 5. The molecule has 2 unspecified atom stereocenters. The van der Waals surface area contributed by atoms with E-state index in [-0.39, 0.29) is 34.9 Å². The third-order valence-corrected chi connectivity index (χ3v) is 11.2. The van der Waals surface area contributed by atoms with Crippen LogP contribution in [0.25, 0.3) is 0 Å². The summed E-state index contributed by atoms with van der Waals surface area (Å²) in [6.45, 7) is 7.36. The summed E-state index contributed by atoms with van der Waals surface area (Å²) in [4.78, 5) is 29.4. The van der Waals surface area contributed by atoms with Crippen molar-refractivity contribution in [3.63, 3.8) is 0 Å². The Kier molecular flexibility index (Phi) is 7.44. The Balaban J connectivity index is 1.17. The van der Waals surface area contributed by atoms with E-state index in [2.05, 4.69) is 41.0 Å². The number of carbonyl (C=O) groups excluding carboxylic acids is 2. The van der Waals surface area contributed by atoms with E-state index in [1.165, 1.54) is 31.3 Å². The van der Waals surface area contributed by atoms with Crippen molar-refractivity contribution in [2.24, 2.45) is 39.7 Å². The highest BCUT2D eigenvalue weighted by molar-refractivity contribution is 5.85. The van der Waals surface area contributed by atoms with Gasteiger partial charge in [0.2, 0.25) is 5.91 Å². The van der Waals surface area contributed by atoms with Crippen molar-refractivity contribution in [2.45, 2.75) is 103 Å². The largest absolute Gasteiger partial charge is 0.433 e. The minimum Gasteiger partial charge on any atom is -0.389 e. The molecule has 1 saturated heterocycles. The van der Waals surface area contributed by atoms with Gasteiger partial charge in [0.15, 0.2) is 0 Å². The average Bonchev–Trinajstić information content (AvgIpc) is 3.50. The lowest BCUT2D eigenvalue weighted by Gasteiger charge is -2.58. The first kappa shape index (κ1) is 26.7. The maximum absolute atomic E-state index is 12.4. The van der Waals surface area contributed by atoms with Gasteiger partial charge in [-0.05, 0) is 99.7 Å². The number of aliphatic hydroxyl groups is 1. The van der Waals surface area contributed by atoms with Gasteiger partial charge in [-0.25, -0.2) is 4.79 Å². The van der Waals surface area contributed by atoms with Gasteiger partial charge in [-0.2, -0.15) is 0 Å². The summed E-state index contributed by atoms with van der Waals surface area (Å²) in [6.07, 6.45) is 12.1. The molecule has 0 radical (unpaired) electrons. The van der Waals surface area contributed by atoms with Gasteiger partial charge in [0.1, 0.15) is 0 Å². The van der Waals surface area contributed by atoms with Crippen LogP contribution in [0.15, 0.2) is 16.8 Å². The second-order valence-electron chi connectivity index (χ2n) is 12.9. The SMILES string of the molecule is CNC(=O)C1CCC(CNC(=O)O/N=C(\C)[C@H]2CC[C@H]3[C@@H]4CCC5=C[C@@H](O)CC[C@]5(C)[C@H]4CC[C@]23C)N1. The van der Waals surface area contributed by atoms with Crippen molar-refractivity contribution < 1.29 is 19.5 Å². The Hall–Kier alpha value is -1.93. The monoisotopic (exact) mass is 514 g/mol. The van der Waals surface area contributed by atoms with Crippen LogP contribution in [0.2, 0.25) is 0 Å². The topological polar surface area (TPSA) is 112 Å². The Morgan fingerprint density at radius 2 is 1.92 bits per heavy atom. The first-order chi connectivity index (χ1) is 17.7. The van der Waals surface area contributed by atoms with Crippen molar-refractivity contribution in [1.82, 2.24) is 16.0 Å². The van der Waals surface area contributed by atoms with Crippen LogP contribution in [0.1, 0.15) is 85.0 Å². The predicted molar refractivity (Wildman–Crippen MR) is 143 cm³/mol. The summed E-state index contributed by atoms with van der Waals surface area (Å²) >= 11 is 0. The summed E-state index contributed by atoms with van der Waals surface area (Å²) in [5.41, 5.74) is 2.89. The molecule has 0 bridgehead atoms. The number of aliphatic hydroxyl groups excluding tert-OH is 1. The number of nitrogens with zero attached hydrogens (tertiary/aromatic N) is 1. The Labute approximate surface area is 221 Å². The quantitative estimate of drug-likeness (QED) is 0.192. The number of hydrogen-bond acceptors (Lipinski definition) is 6. The summed E-state index contributed by atoms with van der Waals surface area (Å²) in [5.74, 6) is 2.45. The smallest absolute Gasteiger partial charge is 0.389 e. The molecule has 4 fully saturated rings. The molecule has 1 aliphatic heterocycles. The van der Waals surface area contributed by atoms with Crippen molar-refractivity contribution in [1.29, 1.82) is 0 Å². The number of carbonyl (C=O) groups is 2. The number of amides is 2. The maximum atomic E-state index is 12.4. The number of oxime groups is 1. The maximum Gasteiger partial charge on any atom is 0.433 e. The molecule has 4 N–H and O–H groups in total. The van der Waals surface area contributed by atoms with Gasteiger partial charge in [-0.3, -0.25) is 9.63 Å². The Bertz CT molecular complexity index is 966. The molecule has 206 valence electrons. The van der Waals surface area contributed by atoms with Gasteiger partial charge in [0.25, 0.3) is 0 Å². The van der Waals surface area contributed by atoms with E-state index in [1.807, 2.05) is 6.92 Å². The zero-order chi connectivity index (χ0) is 26.4. The molecule has 9 atom stereocenters. The molecule has 0 aromatic rings. The van der Waals surface area contributed by atoms with Crippen LogP contribution in [-0.2, 0) is 9.63 Å². The lowest BCUT2D eigenvalue weighted by molar-refractivity contribution is -0.122. The Morgan fingerprint density at radius 3 is 2.70 bits per heavy atom. The highest BCUT2D eigenvalue weighted by Gasteiger charge is 2.59. The standard InChI is InChI=1S/C29H46N4O4/c1-17(33-37-27(36)31-16-19-6-10-25(32-19)26(35)30-4)22-8-9-23-21-7-5-18-15-20(34)11-13-28(18,2)24(21)12-14-29(22,23)3/h15,19-25,32,34H,5-14,16H2,1-4H3,(H,30,35)(H,31,36)/b33-17+/t19?,20-,21-,22+,23-,24-,25?,28-,29+/m0/s1. The average molecular weight is 515 g/mol. The second-order valence-corrected chi connectivity index (χ2v) is 12.9. The van der Waals surface area contributed by atoms with Gasteiger partial charge in [-0.1, -0.05) is 30.7 Å². The van der Waals surface area contributed by atoms with Crippen LogP contribution in [0, 0.1) is 34.5 Å². The molecule has 3 saturated carbocycles. The fraction of sp³-hybridized carbons (Fsp3) is 0.828. The number of nitrogens with one attached hydrogen (secondary N) is 3. The van der Waals surface area contributed by atoms with E-state index in [0.29, 0.717) is 24.3 Å². The molecule has 0 spiro atoms. The summed E-state index contributed by atoms with van der Waals surface area (Å²) in [6, 6.07) is -0.136. The molecule has 5 aliphatic rings. The second kappa shape index (κ2) is 10.3. The van der Waals surface area contributed by atoms with Crippen molar-refractivity contribution in [3.8, 4) is 0 Å². The third-order valence-electron chi connectivity index (χ3n) is 11.2. The summed E-state index contributed by atoms with van der Waals surface area (Å²) in [7, 11) is 1.64.